The van der Waals surface area contributed by atoms with Crippen LogP contribution in [-0.2, 0) is 0 Å². The maximum absolute atomic E-state index is 4.91. The molecule has 0 atom stereocenters. The molecule has 0 aliphatic carbocycles. The first-order valence-electron chi connectivity index (χ1n) is 21.8. The van der Waals surface area contributed by atoms with Crippen molar-refractivity contribution in [3.8, 4) is 33.6 Å². The molecule has 2 aromatic heterocycles. The van der Waals surface area contributed by atoms with Gasteiger partial charge in [-0.25, -0.2) is 0 Å². The lowest BCUT2D eigenvalue weighted by Gasteiger charge is -2.45. The molecule has 2 aliphatic heterocycles. The lowest BCUT2D eigenvalue weighted by Crippen LogP contribution is -2.61. The standard InChI is InChI=1S/C58H40BN5/c1-4-19-41(20-5-1)42-33-35-48-56(39-42)63(52-29-12-10-25-46(52)50-27-14-16-37-60-50)54-31-18-32-55-58(54)59(48)49-36-34-45(62(43-21-6-2-7-22-43)44-23-8-3-9-24-44)40-57(49)64(55)53-30-13-11-26-47(53)51-28-15-17-38-61-51/h1-40H. The third-order valence-corrected chi connectivity index (χ3v) is 12.5. The van der Waals surface area contributed by atoms with E-state index >= 15 is 0 Å². The molecule has 4 heterocycles. The van der Waals surface area contributed by atoms with Crippen LogP contribution >= 0.6 is 0 Å². The number of fused-ring (bicyclic) bond motifs is 4. The number of pyridine rings is 2. The van der Waals surface area contributed by atoms with Crippen LogP contribution in [0, 0.1) is 0 Å². The summed E-state index contributed by atoms with van der Waals surface area (Å²) < 4.78 is 0. The van der Waals surface area contributed by atoms with E-state index in [0.29, 0.717) is 0 Å². The molecule has 12 rings (SSSR count). The van der Waals surface area contributed by atoms with Crippen molar-refractivity contribution in [3.63, 3.8) is 0 Å². The predicted octanol–water partition coefficient (Wildman–Crippen LogP) is 13.0. The van der Waals surface area contributed by atoms with Gasteiger partial charge in [0.1, 0.15) is 0 Å². The first kappa shape index (κ1) is 37.3. The van der Waals surface area contributed by atoms with Crippen molar-refractivity contribution >= 4 is 74.3 Å². The Hall–Kier alpha value is -8.48. The van der Waals surface area contributed by atoms with Gasteiger partial charge in [-0.15, -0.1) is 0 Å². The van der Waals surface area contributed by atoms with E-state index < -0.39 is 0 Å². The second-order valence-electron chi connectivity index (χ2n) is 16.2. The van der Waals surface area contributed by atoms with Gasteiger partial charge in [-0.1, -0.05) is 140 Å². The van der Waals surface area contributed by atoms with Crippen LogP contribution in [0.3, 0.4) is 0 Å². The Labute approximate surface area is 373 Å². The topological polar surface area (TPSA) is 35.5 Å². The third-order valence-electron chi connectivity index (χ3n) is 12.5. The molecule has 8 aromatic carbocycles. The summed E-state index contributed by atoms with van der Waals surface area (Å²) in [5, 5.41) is 0. The van der Waals surface area contributed by atoms with Crippen LogP contribution < -0.4 is 31.1 Å². The smallest absolute Gasteiger partial charge is 0.252 e. The van der Waals surface area contributed by atoms with Gasteiger partial charge in [0, 0.05) is 63.3 Å². The van der Waals surface area contributed by atoms with E-state index in [2.05, 4.69) is 233 Å². The molecule has 10 aromatic rings. The number of aromatic nitrogens is 2. The van der Waals surface area contributed by atoms with Gasteiger partial charge in [0.2, 0.25) is 0 Å². The number of hydrogen-bond donors (Lipinski definition) is 0. The van der Waals surface area contributed by atoms with E-state index in [1.54, 1.807) is 0 Å². The van der Waals surface area contributed by atoms with Crippen LogP contribution in [0.4, 0.5) is 51.2 Å². The zero-order valence-electron chi connectivity index (χ0n) is 34.9. The minimum Gasteiger partial charge on any atom is -0.311 e. The molecule has 0 saturated heterocycles. The Kier molecular flexibility index (Phi) is 9.19. The fourth-order valence-electron chi connectivity index (χ4n) is 9.80. The van der Waals surface area contributed by atoms with E-state index in [0.717, 1.165) is 79.3 Å². The molecule has 64 heavy (non-hydrogen) atoms. The Morgan fingerprint density at radius 2 is 0.797 bits per heavy atom. The molecule has 0 fully saturated rings. The number of rotatable bonds is 8. The summed E-state index contributed by atoms with van der Waals surface area (Å²) in [6.45, 7) is -0.0755. The molecule has 0 radical (unpaired) electrons. The Bertz CT molecular complexity index is 3250. The molecular weight excluding hydrogens is 777 g/mol. The number of anilines is 9. The highest BCUT2D eigenvalue weighted by atomic mass is 15.2. The summed E-state index contributed by atoms with van der Waals surface area (Å²) >= 11 is 0. The van der Waals surface area contributed by atoms with Crippen molar-refractivity contribution in [1.82, 2.24) is 9.97 Å². The molecular formula is C58H40BN5. The summed E-state index contributed by atoms with van der Waals surface area (Å²) in [4.78, 5) is 17.1. The summed E-state index contributed by atoms with van der Waals surface area (Å²) in [7, 11) is 0. The van der Waals surface area contributed by atoms with Gasteiger partial charge in [0.05, 0.1) is 22.8 Å². The number of benzene rings is 8. The molecule has 0 saturated carbocycles. The molecule has 6 heteroatoms. The van der Waals surface area contributed by atoms with Crippen molar-refractivity contribution in [2.24, 2.45) is 0 Å². The van der Waals surface area contributed by atoms with Gasteiger partial charge in [-0.2, -0.15) is 0 Å². The first-order valence-corrected chi connectivity index (χ1v) is 21.8. The molecule has 0 bridgehead atoms. The highest BCUT2D eigenvalue weighted by Gasteiger charge is 2.44. The highest BCUT2D eigenvalue weighted by Crippen LogP contribution is 2.49. The van der Waals surface area contributed by atoms with Crippen molar-refractivity contribution < 1.29 is 0 Å². The summed E-state index contributed by atoms with van der Waals surface area (Å²) in [5.41, 5.74) is 19.9. The van der Waals surface area contributed by atoms with E-state index in [-0.39, 0.29) is 6.71 Å². The third kappa shape index (κ3) is 6.27. The van der Waals surface area contributed by atoms with E-state index in [4.69, 9.17) is 9.97 Å². The fraction of sp³-hybridized carbons (Fsp3) is 0. The normalized spacial score (nSPS) is 12.3. The lowest BCUT2D eigenvalue weighted by molar-refractivity contribution is 1.23. The first-order chi connectivity index (χ1) is 31.8. The van der Waals surface area contributed by atoms with Crippen LogP contribution in [0.25, 0.3) is 33.6 Å². The average molecular weight is 818 g/mol. The van der Waals surface area contributed by atoms with Gasteiger partial charge in [0.25, 0.3) is 6.71 Å². The summed E-state index contributed by atoms with van der Waals surface area (Å²) in [5.74, 6) is 0. The number of hydrogen-bond acceptors (Lipinski definition) is 5. The zero-order valence-corrected chi connectivity index (χ0v) is 34.9. The highest BCUT2D eigenvalue weighted by molar-refractivity contribution is 7.00. The van der Waals surface area contributed by atoms with Crippen molar-refractivity contribution in [2.45, 2.75) is 0 Å². The molecule has 0 spiro atoms. The van der Waals surface area contributed by atoms with Crippen molar-refractivity contribution in [1.29, 1.82) is 0 Å². The van der Waals surface area contributed by atoms with Crippen LogP contribution in [-0.4, -0.2) is 16.7 Å². The predicted molar refractivity (Wildman–Crippen MR) is 267 cm³/mol. The zero-order chi connectivity index (χ0) is 42.4. The number of nitrogens with zero attached hydrogens (tertiary/aromatic N) is 5. The molecule has 5 nitrogen and oxygen atoms in total. The second kappa shape index (κ2) is 15.8. The lowest BCUT2D eigenvalue weighted by atomic mass is 9.33. The van der Waals surface area contributed by atoms with Crippen molar-refractivity contribution in [3.05, 3.63) is 243 Å². The maximum Gasteiger partial charge on any atom is 0.252 e. The SMILES string of the molecule is c1ccc(-c2ccc3c(c2)N(c2ccccc2-c2ccccn2)c2cccc4c2B3c2ccc(N(c3ccccc3)c3ccccc3)cc2N4c2ccccc2-c2ccccn2)cc1. The minimum absolute atomic E-state index is 0.0755. The van der Waals surface area contributed by atoms with Crippen LogP contribution in [0.15, 0.2) is 243 Å². The Morgan fingerprint density at radius 1 is 0.328 bits per heavy atom. The summed E-state index contributed by atoms with van der Waals surface area (Å²) in [6, 6.07) is 82.6. The van der Waals surface area contributed by atoms with Crippen molar-refractivity contribution in [2.75, 3.05) is 14.7 Å². The van der Waals surface area contributed by atoms with Gasteiger partial charge in [0.15, 0.2) is 0 Å². The van der Waals surface area contributed by atoms with Crippen LogP contribution in [0.1, 0.15) is 0 Å². The quantitative estimate of drug-likeness (QED) is 0.143. The monoisotopic (exact) mass is 817 g/mol. The molecule has 0 N–H and O–H groups in total. The fourth-order valence-corrected chi connectivity index (χ4v) is 9.80. The molecule has 300 valence electrons. The summed E-state index contributed by atoms with van der Waals surface area (Å²) in [6.07, 6.45) is 3.76. The Balaban J connectivity index is 1.16. The number of para-hydroxylation sites is 4. The second-order valence-corrected chi connectivity index (χ2v) is 16.2. The van der Waals surface area contributed by atoms with Gasteiger partial charge < -0.3 is 14.7 Å². The molecule has 2 aliphatic rings. The van der Waals surface area contributed by atoms with Crippen LogP contribution in [0.2, 0.25) is 0 Å². The Morgan fingerprint density at radius 3 is 1.34 bits per heavy atom. The van der Waals surface area contributed by atoms with Gasteiger partial charge in [-0.3, -0.25) is 9.97 Å². The van der Waals surface area contributed by atoms with Gasteiger partial charge in [-0.05, 0) is 119 Å². The molecule has 0 unspecified atom stereocenters. The molecule has 0 amide bonds. The van der Waals surface area contributed by atoms with E-state index in [1.165, 1.54) is 22.0 Å². The van der Waals surface area contributed by atoms with Gasteiger partial charge >= 0.3 is 0 Å². The van der Waals surface area contributed by atoms with E-state index in [1.807, 2.05) is 24.5 Å². The maximum atomic E-state index is 4.91. The largest absolute Gasteiger partial charge is 0.311 e. The minimum atomic E-state index is -0.0755. The average Bonchev–Trinajstić information content (AvgIpc) is 3.38. The van der Waals surface area contributed by atoms with E-state index in [9.17, 15) is 0 Å². The van der Waals surface area contributed by atoms with Crippen LogP contribution in [0.5, 0.6) is 0 Å².